The molecule has 33 heteroatoms. The van der Waals surface area contributed by atoms with Crippen molar-refractivity contribution < 1.29 is 67.4 Å². The predicted molar refractivity (Wildman–Crippen MR) is 312 cm³/mol. The van der Waals surface area contributed by atoms with Crippen molar-refractivity contribution in [1.82, 2.24) is 58.1 Å². The fraction of sp³-hybridized carbons (Fsp3) is 0.500. The summed E-state index contributed by atoms with van der Waals surface area (Å²) in [5, 5.41) is 42.6. The molecule has 31 nitrogen and oxygen atoms in total. The van der Waals surface area contributed by atoms with Crippen molar-refractivity contribution in [3.8, 4) is 5.75 Å². The molecular formula is C52H77N17O14S2. The van der Waals surface area contributed by atoms with Crippen LogP contribution in [0.2, 0.25) is 0 Å². The van der Waals surface area contributed by atoms with Crippen LogP contribution in [-0.4, -0.2) is 184 Å². The van der Waals surface area contributed by atoms with Crippen LogP contribution in [-0.2, 0) is 75.2 Å². The molecule has 0 saturated carbocycles. The highest BCUT2D eigenvalue weighted by Crippen LogP contribution is 2.21. The molecule has 1 fully saturated rings. The van der Waals surface area contributed by atoms with Crippen LogP contribution in [0.4, 0.5) is 0 Å². The van der Waals surface area contributed by atoms with Gasteiger partial charge in [0.25, 0.3) is 0 Å². The highest BCUT2D eigenvalue weighted by molar-refractivity contribution is 7.99. The summed E-state index contributed by atoms with van der Waals surface area (Å²) in [5.41, 5.74) is 28.7. The molecule has 0 aromatic heterocycles. The minimum atomic E-state index is -1.87. The Morgan fingerprint density at radius 1 is 0.588 bits per heavy atom. The SMILES string of the molecule is CC(=O)NCSC[C@H](NC(=O)[C@H](CC(N)=O)NC(=O)[C@H](CCC(N)=O)NC(=O)[C@H](Cc1ccccc1)NC(=O)[C@H](Cc1ccc(O)cc1)NC(=O)[C@@H](N)CSCNC(C)=O)C(=O)N1CCC[C@H]1C(=O)N[C@@H](CCCNC(=N)N)C(=O)NCC(N)=O. The Labute approximate surface area is 498 Å². The Bertz CT molecular complexity index is 2690. The van der Waals surface area contributed by atoms with Gasteiger partial charge >= 0.3 is 0 Å². The van der Waals surface area contributed by atoms with Crippen LogP contribution in [0.25, 0.3) is 0 Å². The first-order valence-electron chi connectivity index (χ1n) is 26.8. The molecule has 13 amide bonds. The van der Waals surface area contributed by atoms with E-state index in [2.05, 4.69) is 53.2 Å². The summed E-state index contributed by atoms with van der Waals surface area (Å²) < 4.78 is 0. The maximum Gasteiger partial charge on any atom is 0.246 e. The number of rotatable bonds is 37. The molecule has 85 heavy (non-hydrogen) atoms. The van der Waals surface area contributed by atoms with Crippen molar-refractivity contribution in [3.63, 3.8) is 0 Å². The zero-order chi connectivity index (χ0) is 63.2. The van der Waals surface area contributed by atoms with Crippen LogP contribution in [0.1, 0.15) is 69.9 Å². The van der Waals surface area contributed by atoms with Crippen molar-refractivity contribution in [2.45, 2.75) is 120 Å². The summed E-state index contributed by atoms with van der Waals surface area (Å²) in [6.07, 6.45) is -1.70. The summed E-state index contributed by atoms with van der Waals surface area (Å²) >= 11 is 2.12. The topological polar surface area (TPSA) is 520 Å². The van der Waals surface area contributed by atoms with Crippen molar-refractivity contribution in [2.75, 3.05) is 42.9 Å². The Hall–Kier alpha value is -8.72. The monoisotopic (exact) mass is 1230 g/mol. The number of aromatic hydroxyl groups is 1. The maximum atomic E-state index is 14.5. The minimum Gasteiger partial charge on any atom is -0.508 e. The van der Waals surface area contributed by atoms with Gasteiger partial charge in [-0.1, -0.05) is 42.5 Å². The second-order valence-electron chi connectivity index (χ2n) is 19.6. The van der Waals surface area contributed by atoms with Crippen LogP contribution in [0, 0.1) is 5.41 Å². The van der Waals surface area contributed by atoms with E-state index in [-0.39, 0.29) is 92.5 Å². The average molecular weight is 1230 g/mol. The Balaban J connectivity index is 1.95. The lowest BCUT2D eigenvalue weighted by Gasteiger charge is -2.31. The lowest BCUT2D eigenvalue weighted by molar-refractivity contribution is -0.142. The summed E-state index contributed by atoms with van der Waals surface area (Å²) in [6.45, 7) is 2.14. The van der Waals surface area contributed by atoms with E-state index in [1.54, 1.807) is 30.3 Å². The van der Waals surface area contributed by atoms with Gasteiger partial charge in [0.05, 0.1) is 30.8 Å². The number of hydrogen-bond donors (Lipinski definition) is 17. The van der Waals surface area contributed by atoms with E-state index in [0.717, 1.165) is 28.4 Å². The number of nitrogens with zero attached hydrogens (tertiary/aromatic N) is 1. The number of nitrogens with two attached hydrogens (primary N) is 5. The molecule has 2 aromatic rings. The van der Waals surface area contributed by atoms with Crippen LogP contribution >= 0.6 is 23.5 Å². The molecule has 1 aliphatic rings. The zero-order valence-corrected chi connectivity index (χ0v) is 48.7. The standard InChI is InChI=1S/C52H77N17O14S2/c1-28(70)61-26-84-24-33(53)44(76)65-36(21-31-12-14-32(72)15-13-31)48(80)66-37(20-30-8-4-3-5-9-30)47(79)63-35(16-17-41(54)73)46(78)67-38(22-42(55)74)49(81)68-39(25-85-27-62-29(2)71)51(83)69-19-7-11-40(69)50(82)64-34(10-6-18-59-52(57)58)45(77)60-23-43(56)75/h3-5,8-9,12-15,33-40,72H,6-7,10-11,16-27,53H2,1-2H3,(H2,54,73)(H2,55,74)(H2,56,75)(H,60,77)(H,61,70)(H,62,71)(H,63,79)(H,64,82)(H,65,76)(H,66,80)(H,67,78)(H,68,81)(H4,57,58,59)/t33-,34-,35-,36-,37-,38-,39-,40-/m0/s1. The fourth-order valence-electron chi connectivity index (χ4n) is 8.25. The molecule has 3 rings (SSSR count). The van der Waals surface area contributed by atoms with E-state index in [0.29, 0.717) is 11.1 Å². The number of primary amides is 3. The molecule has 0 spiro atoms. The van der Waals surface area contributed by atoms with E-state index in [9.17, 15) is 67.4 Å². The van der Waals surface area contributed by atoms with Gasteiger partial charge in [-0.05, 0) is 55.4 Å². The highest BCUT2D eigenvalue weighted by atomic mass is 32.2. The molecule has 1 aliphatic heterocycles. The minimum absolute atomic E-state index is 0.00837. The number of likely N-dealkylation sites (tertiary alicyclic amines) is 1. The number of guanidine groups is 1. The van der Waals surface area contributed by atoms with E-state index in [4.69, 9.17) is 34.1 Å². The summed E-state index contributed by atoms with van der Waals surface area (Å²) in [5.74, 6) is -11.5. The van der Waals surface area contributed by atoms with Gasteiger partial charge in [0.2, 0.25) is 76.8 Å². The Morgan fingerprint density at radius 3 is 1.67 bits per heavy atom. The quantitative estimate of drug-likeness (QED) is 0.0130. The first-order chi connectivity index (χ1) is 40.2. The third kappa shape index (κ3) is 27.0. The van der Waals surface area contributed by atoms with Crippen LogP contribution in [0.5, 0.6) is 5.75 Å². The van der Waals surface area contributed by atoms with Crippen molar-refractivity contribution in [2.24, 2.45) is 28.7 Å². The van der Waals surface area contributed by atoms with Gasteiger partial charge in [-0.25, -0.2) is 0 Å². The van der Waals surface area contributed by atoms with Crippen molar-refractivity contribution in [1.29, 1.82) is 5.41 Å². The van der Waals surface area contributed by atoms with Crippen LogP contribution < -0.4 is 81.8 Å². The van der Waals surface area contributed by atoms with Gasteiger partial charge in [-0.3, -0.25) is 67.7 Å². The van der Waals surface area contributed by atoms with E-state index < -0.39 is 145 Å². The van der Waals surface area contributed by atoms with E-state index >= 15 is 0 Å². The lowest BCUT2D eigenvalue weighted by Crippen LogP contribution is -2.61. The van der Waals surface area contributed by atoms with Gasteiger partial charge < -0.3 is 91.8 Å². The predicted octanol–water partition coefficient (Wildman–Crippen LogP) is -5.94. The largest absolute Gasteiger partial charge is 0.508 e. The summed E-state index contributed by atoms with van der Waals surface area (Å²) in [6, 6.07) is 2.36. The average Bonchev–Trinajstić information content (AvgIpc) is 3.66. The van der Waals surface area contributed by atoms with Crippen LogP contribution in [0.15, 0.2) is 54.6 Å². The fourth-order valence-corrected chi connectivity index (χ4v) is 9.97. The molecule has 1 saturated heterocycles. The first kappa shape index (κ1) is 70.5. The number of amides is 13. The van der Waals surface area contributed by atoms with Gasteiger partial charge in [-0.15, -0.1) is 23.5 Å². The van der Waals surface area contributed by atoms with E-state index in [1.807, 2.05) is 0 Å². The lowest BCUT2D eigenvalue weighted by atomic mass is 10.0. The molecular weight excluding hydrogens is 1150 g/mol. The molecule has 0 unspecified atom stereocenters. The summed E-state index contributed by atoms with van der Waals surface area (Å²) in [7, 11) is 0. The number of thioether (sulfide) groups is 2. The molecule has 8 atom stereocenters. The second kappa shape index (κ2) is 36.8. The smallest absolute Gasteiger partial charge is 0.246 e. The van der Waals surface area contributed by atoms with Gasteiger partial charge in [0, 0.05) is 57.7 Å². The Kier molecular flexibility index (Phi) is 30.5. The third-order valence-corrected chi connectivity index (χ3v) is 14.4. The molecule has 22 N–H and O–H groups in total. The molecule has 0 aliphatic carbocycles. The summed E-state index contributed by atoms with van der Waals surface area (Å²) in [4.78, 5) is 173. The molecule has 1 heterocycles. The van der Waals surface area contributed by atoms with Crippen molar-refractivity contribution >= 4 is 106 Å². The zero-order valence-electron chi connectivity index (χ0n) is 47.0. The van der Waals surface area contributed by atoms with Gasteiger partial charge in [0.1, 0.15) is 48.0 Å². The second-order valence-corrected chi connectivity index (χ2v) is 21.6. The number of phenols is 1. The normalized spacial score (nSPS) is 15.0. The maximum absolute atomic E-state index is 14.5. The number of hydrogen-bond acceptors (Lipinski definition) is 18. The first-order valence-corrected chi connectivity index (χ1v) is 29.1. The van der Waals surface area contributed by atoms with Gasteiger partial charge in [0.15, 0.2) is 5.96 Å². The number of benzene rings is 2. The Morgan fingerprint density at radius 2 is 1.11 bits per heavy atom. The number of phenolic OH excluding ortho intramolecular Hbond substituents is 1. The molecule has 2 aromatic carbocycles. The van der Waals surface area contributed by atoms with Gasteiger partial charge in [-0.2, -0.15) is 0 Å². The third-order valence-electron chi connectivity index (χ3n) is 12.5. The molecule has 466 valence electrons. The number of carbonyl (C=O) groups excluding carboxylic acids is 13. The highest BCUT2D eigenvalue weighted by Gasteiger charge is 2.40. The van der Waals surface area contributed by atoms with Crippen LogP contribution in [0.3, 0.4) is 0 Å². The van der Waals surface area contributed by atoms with E-state index in [1.165, 1.54) is 38.1 Å². The molecule has 0 radical (unpaired) electrons. The number of nitrogens with one attached hydrogen (secondary N) is 11. The van der Waals surface area contributed by atoms with Crippen molar-refractivity contribution in [3.05, 3.63) is 65.7 Å². The molecule has 0 bridgehead atoms. The number of carbonyl (C=O) groups is 13.